The van der Waals surface area contributed by atoms with E-state index >= 15 is 0 Å². The molecule has 2 aromatic carbocycles. The summed E-state index contributed by atoms with van der Waals surface area (Å²) in [5.74, 6) is 0.0232. The van der Waals surface area contributed by atoms with E-state index in [1.807, 2.05) is 4.90 Å². The van der Waals surface area contributed by atoms with Gasteiger partial charge in [-0.05, 0) is 48.6 Å². The molecule has 0 radical (unpaired) electrons. The molecule has 1 saturated heterocycles. The summed E-state index contributed by atoms with van der Waals surface area (Å²) in [6, 6.07) is 14.4. The fourth-order valence-corrected chi connectivity index (χ4v) is 3.90. The minimum atomic E-state index is -0.364. The molecule has 1 fully saturated rings. The van der Waals surface area contributed by atoms with E-state index in [1.165, 1.54) is 28.6 Å². The van der Waals surface area contributed by atoms with E-state index < -0.39 is 0 Å². The van der Waals surface area contributed by atoms with Crippen molar-refractivity contribution in [2.75, 3.05) is 13.1 Å². The molecule has 1 aliphatic rings. The predicted molar refractivity (Wildman–Crippen MR) is 97.2 cm³/mol. The Bertz CT molecular complexity index is 923. The third kappa shape index (κ3) is 2.93. The number of hydrogen-bond donors (Lipinski definition) is 0. The van der Waals surface area contributed by atoms with Gasteiger partial charge in [0.25, 0.3) is 5.91 Å². The normalized spacial score (nSPS) is 15.7. The Balaban J connectivity index is 1.50. The smallest absolute Gasteiger partial charge is 0.253 e. The van der Waals surface area contributed by atoms with Crippen LogP contribution < -0.4 is 0 Å². The largest absolute Gasteiger partial charge is 0.350 e. The Hall–Kier alpha value is -2.62. The molecule has 3 aromatic rings. The topological polar surface area (TPSA) is 25.2 Å². The zero-order valence-electron chi connectivity index (χ0n) is 14.3. The van der Waals surface area contributed by atoms with Crippen LogP contribution in [-0.4, -0.2) is 28.5 Å². The Morgan fingerprint density at radius 1 is 1.08 bits per heavy atom. The number of para-hydroxylation sites is 1. The fourth-order valence-electron chi connectivity index (χ4n) is 3.90. The van der Waals surface area contributed by atoms with Gasteiger partial charge in [-0.1, -0.05) is 24.3 Å². The molecule has 0 spiro atoms. The maximum absolute atomic E-state index is 13.4. The van der Waals surface area contributed by atoms with E-state index in [0.717, 1.165) is 12.8 Å². The molecule has 0 atom stereocenters. The van der Waals surface area contributed by atoms with Crippen LogP contribution in [0.25, 0.3) is 10.9 Å². The van der Waals surface area contributed by atoms with Crippen LogP contribution in [0.1, 0.15) is 34.7 Å². The van der Waals surface area contributed by atoms with Crippen molar-refractivity contribution >= 4 is 16.8 Å². The minimum absolute atomic E-state index is 0.0733. The zero-order chi connectivity index (χ0) is 17.4. The van der Waals surface area contributed by atoms with Gasteiger partial charge in [-0.3, -0.25) is 4.79 Å². The SMILES string of the molecule is Cn1cc(C2CCN(C(=O)c3cccc(F)c3)CC2)c2ccccc21. The number of fused-ring (bicyclic) bond motifs is 1. The van der Waals surface area contributed by atoms with Gasteiger partial charge < -0.3 is 9.47 Å². The van der Waals surface area contributed by atoms with E-state index in [9.17, 15) is 9.18 Å². The molecule has 0 bridgehead atoms. The Kier molecular flexibility index (Phi) is 4.04. The second-order valence-electron chi connectivity index (χ2n) is 6.79. The second-order valence-corrected chi connectivity index (χ2v) is 6.79. The zero-order valence-corrected chi connectivity index (χ0v) is 14.3. The molecule has 0 aliphatic carbocycles. The number of aryl methyl sites for hydroxylation is 1. The predicted octanol–water partition coefficient (Wildman–Crippen LogP) is 4.34. The van der Waals surface area contributed by atoms with Gasteiger partial charge in [0.2, 0.25) is 0 Å². The molecular weight excluding hydrogens is 315 g/mol. The molecular formula is C21H21FN2O. The number of benzene rings is 2. The third-order valence-corrected chi connectivity index (χ3v) is 5.22. The number of hydrogen-bond acceptors (Lipinski definition) is 1. The van der Waals surface area contributed by atoms with Crippen LogP contribution in [0.2, 0.25) is 0 Å². The number of nitrogens with zero attached hydrogens (tertiary/aromatic N) is 2. The molecule has 25 heavy (non-hydrogen) atoms. The summed E-state index contributed by atoms with van der Waals surface area (Å²) in [5.41, 5.74) is 3.05. The number of likely N-dealkylation sites (tertiary alicyclic amines) is 1. The van der Waals surface area contributed by atoms with Crippen molar-refractivity contribution in [1.29, 1.82) is 0 Å². The van der Waals surface area contributed by atoms with Crippen LogP contribution >= 0.6 is 0 Å². The Labute approximate surface area is 146 Å². The standard InChI is InChI=1S/C21H21FN2O/c1-23-14-19(18-7-2-3-8-20(18)23)15-9-11-24(12-10-15)21(25)16-5-4-6-17(22)13-16/h2-8,13-15H,9-12H2,1H3. The highest BCUT2D eigenvalue weighted by Gasteiger charge is 2.26. The van der Waals surface area contributed by atoms with E-state index in [0.29, 0.717) is 24.6 Å². The molecule has 128 valence electrons. The van der Waals surface area contributed by atoms with Crippen molar-refractivity contribution in [3.05, 3.63) is 71.7 Å². The number of aromatic nitrogens is 1. The van der Waals surface area contributed by atoms with Gasteiger partial charge >= 0.3 is 0 Å². The summed E-state index contributed by atoms with van der Waals surface area (Å²) >= 11 is 0. The van der Waals surface area contributed by atoms with Crippen LogP contribution in [0.4, 0.5) is 4.39 Å². The summed E-state index contributed by atoms with van der Waals surface area (Å²) in [4.78, 5) is 14.4. The Morgan fingerprint density at radius 3 is 2.60 bits per heavy atom. The second kappa shape index (κ2) is 6.36. The first-order valence-corrected chi connectivity index (χ1v) is 8.72. The van der Waals surface area contributed by atoms with Crippen molar-refractivity contribution in [3.63, 3.8) is 0 Å². The van der Waals surface area contributed by atoms with Crippen molar-refractivity contribution in [1.82, 2.24) is 9.47 Å². The molecule has 2 heterocycles. The lowest BCUT2D eigenvalue weighted by atomic mass is 9.89. The lowest BCUT2D eigenvalue weighted by molar-refractivity contribution is 0.0713. The lowest BCUT2D eigenvalue weighted by Crippen LogP contribution is -2.37. The van der Waals surface area contributed by atoms with Crippen molar-refractivity contribution in [2.24, 2.45) is 7.05 Å². The molecule has 3 nitrogen and oxygen atoms in total. The summed E-state index contributed by atoms with van der Waals surface area (Å²) in [7, 11) is 2.08. The molecule has 4 heteroatoms. The van der Waals surface area contributed by atoms with Gasteiger partial charge in [0.15, 0.2) is 0 Å². The molecule has 0 N–H and O–H groups in total. The number of carbonyl (C=O) groups excluding carboxylic acids is 1. The van der Waals surface area contributed by atoms with Gasteiger partial charge in [0.1, 0.15) is 5.82 Å². The van der Waals surface area contributed by atoms with Crippen molar-refractivity contribution in [2.45, 2.75) is 18.8 Å². The van der Waals surface area contributed by atoms with Crippen LogP contribution in [0.15, 0.2) is 54.7 Å². The van der Waals surface area contributed by atoms with Gasteiger partial charge in [0, 0.05) is 42.8 Å². The van der Waals surface area contributed by atoms with E-state index in [2.05, 4.69) is 42.1 Å². The van der Waals surface area contributed by atoms with E-state index in [-0.39, 0.29) is 11.7 Å². The Morgan fingerprint density at radius 2 is 1.84 bits per heavy atom. The minimum Gasteiger partial charge on any atom is -0.350 e. The average Bonchev–Trinajstić information content (AvgIpc) is 2.98. The first-order valence-electron chi connectivity index (χ1n) is 8.72. The average molecular weight is 336 g/mol. The number of rotatable bonds is 2. The maximum atomic E-state index is 13.4. The summed E-state index contributed by atoms with van der Waals surface area (Å²) in [6.45, 7) is 1.42. The monoisotopic (exact) mass is 336 g/mol. The fraction of sp³-hybridized carbons (Fsp3) is 0.286. The number of piperidine rings is 1. The van der Waals surface area contributed by atoms with Crippen molar-refractivity contribution in [3.8, 4) is 0 Å². The van der Waals surface area contributed by atoms with Crippen molar-refractivity contribution < 1.29 is 9.18 Å². The van der Waals surface area contributed by atoms with Gasteiger partial charge in [0.05, 0.1) is 0 Å². The summed E-state index contributed by atoms with van der Waals surface area (Å²) in [6.07, 6.45) is 4.10. The van der Waals surface area contributed by atoms with Crippen LogP contribution in [0.5, 0.6) is 0 Å². The molecule has 1 aliphatic heterocycles. The number of halogens is 1. The number of amides is 1. The molecule has 1 aromatic heterocycles. The highest BCUT2D eigenvalue weighted by Crippen LogP contribution is 2.34. The maximum Gasteiger partial charge on any atom is 0.253 e. The van der Waals surface area contributed by atoms with Crippen LogP contribution in [0, 0.1) is 5.82 Å². The van der Waals surface area contributed by atoms with Gasteiger partial charge in [-0.15, -0.1) is 0 Å². The highest BCUT2D eigenvalue weighted by molar-refractivity contribution is 5.94. The van der Waals surface area contributed by atoms with E-state index in [4.69, 9.17) is 0 Å². The molecule has 0 unspecified atom stereocenters. The first-order chi connectivity index (χ1) is 12.1. The first kappa shape index (κ1) is 15.9. The highest BCUT2D eigenvalue weighted by atomic mass is 19.1. The van der Waals surface area contributed by atoms with Crippen LogP contribution in [-0.2, 0) is 7.05 Å². The summed E-state index contributed by atoms with van der Waals surface area (Å²) in [5, 5.41) is 1.31. The molecule has 0 saturated carbocycles. The number of carbonyl (C=O) groups is 1. The van der Waals surface area contributed by atoms with Gasteiger partial charge in [-0.25, -0.2) is 4.39 Å². The molecule has 1 amide bonds. The summed E-state index contributed by atoms with van der Waals surface area (Å²) < 4.78 is 15.5. The lowest BCUT2D eigenvalue weighted by Gasteiger charge is -2.32. The molecule has 4 rings (SSSR count). The van der Waals surface area contributed by atoms with Crippen LogP contribution in [0.3, 0.4) is 0 Å². The third-order valence-electron chi connectivity index (χ3n) is 5.22. The van der Waals surface area contributed by atoms with E-state index in [1.54, 1.807) is 12.1 Å². The van der Waals surface area contributed by atoms with Gasteiger partial charge in [-0.2, -0.15) is 0 Å². The quantitative estimate of drug-likeness (QED) is 0.683.